The topological polar surface area (TPSA) is 12.5 Å². The number of hydrogen-bond donors (Lipinski definition) is 0. The van der Waals surface area contributed by atoms with Gasteiger partial charge in [0.2, 0.25) is 0 Å². The van der Waals surface area contributed by atoms with Crippen LogP contribution in [0.1, 0.15) is 96.8 Å². The Balaban J connectivity index is 1.65. The number of hydrogen-bond acceptors (Lipinski definition) is 1. The average molecular weight is 278 g/mol. The molecule has 1 nitrogen and oxygen atoms in total. The lowest BCUT2D eigenvalue weighted by Gasteiger charge is -2.02. The van der Waals surface area contributed by atoms with Crippen LogP contribution in [0.3, 0.4) is 0 Å². The van der Waals surface area contributed by atoms with E-state index in [4.69, 9.17) is 4.74 Å². The fourth-order valence-corrected chi connectivity index (χ4v) is 2.59. The van der Waals surface area contributed by atoms with E-state index in [1.54, 1.807) is 6.26 Å². The van der Waals surface area contributed by atoms with E-state index in [-0.39, 0.29) is 0 Å². The summed E-state index contributed by atoms with van der Waals surface area (Å²) >= 11 is 0. The molecule has 1 rings (SSSR count). The van der Waals surface area contributed by atoms with Gasteiger partial charge in [0.1, 0.15) is 6.26 Å². The average Bonchev–Trinajstić information content (AvgIpc) is 3.27. The first-order valence-corrected chi connectivity index (χ1v) is 8.97. The van der Waals surface area contributed by atoms with Gasteiger partial charge in [-0.3, -0.25) is 0 Å². The Labute approximate surface area is 126 Å². The van der Waals surface area contributed by atoms with Gasteiger partial charge in [-0.1, -0.05) is 90.0 Å². The second kappa shape index (κ2) is 13.3. The molecule has 1 heteroatoms. The van der Waals surface area contributed by atoms with E-state index in [2.05, 4.69) is 19.1 Å². The van der Waals surface area contributed by atoms with E-state index in [0.717, 1.165) is 5.76 Å². The van der Waals surface area contributed by atoms with Crippen molar-refractivity contribution >= 4 is 0 Å². The van der Waals surface area contributed by atoms with Gasteiger partial charge in [0, 0.05) is 0 Å². The van der Waals surface area contributed by atoms with Crippen LogP contribution in [0, 0.1) is 0 Å². The molecule has 0 radical (unpaired) electrons. The molecule has 0 saturated carbocycles. The Kier molecular flexibility index (Phi) is 11.5. The summed E-state index contributed by atoms with van der Waals surface area (Å²) in [5.74, 6) is 1.04. The standard InChI is InChI=1S/C19H34O/c1-2-3-4-5-6-7-8-9-10-11-12-13-14-15-16-17-19-18-20-19/h16-18H,2-15H2,1H3. The third-order valence-electron chi connectivity index (χ3n) is 4.01. The molecule has 0 saturated heterocycles. The van der Waals surface area contributed by atoms with E-state index in [1.165, 1.54) is 89.9 Å². The SMILES string of the molecule is CCCCCCCCCCCCCCCC=CC1=CO1. The van der Waals surface area contributed by atoms with Crippen molar-refractivity contribution in [1.29, 1.82) is 0 Å². The van der Waals surface area contributed by atoms with Gasteiger partial charge in [0.25, 0.3) is 0 Å². The largest absolute Gasteiger partial charge is 0.458 e. The highest BCUT2D eigenvalue weighted by molar-refractivity contribution is 5.19. The number of ether oxygens (including phenoxy) is 1. The van der Waals surface area contributed by atoms with E-state index >= 15 is 0 Å². The molecular weight excluding hydrogens is 244 g/mol. The Morgan fingerprint density at radius 1 is 0.750 bits per heavy atom. The minimum atomic E-state index is 1.04. The summed E-state index contributed by atoms with van der Waals surface area (Å²) in [5.41, 5.74) is 0. The van der Waals surface area contributed by atoms with Crippen molar-refractivity contribution in [3.63, 3.8) is 0 Å². The maximum atomic E-state index is 4.93. The van der Waals surface area contributed by atoms with Gasteiger partial charge in [-0.2, -0.15) is 0 Å². The minimum absolute atomic E-state index is 1.04. The Morgan fingerprint density at radius 3 is 1.65 bits per heavy atom. The molecule has 116 valence electrons. The summed E-state index contributed by atoms with van der Waals surface area (Å²) in [7, 11) is 0. The monoisotopic (exact) mass is 278 g/mol. The normalized spacial score (nSPS) is 13.6. The van der Waals surface area contributed by atoms with Crippen molar-refractivity contribution in [2.75, 3.05) is 0 Å². The molecule has 0 bridgehead atoms. The van der Waals surface area contributed by atoms with E-state index in [1.807, 2.05) is 0 Å². The Hall–Kier alpha value is -0.720. The van der Waals surface area contributed by atoms with Crippen LogP contribution in [-0.2, 0) is 4.74 Å². The van der Waals surface area contributed by atoms with Crippen LogP contribution >= 0.6 is 0 Å². The van der Waals surface area contributed by atoms with Crippen molar-refractivity contribution < 1.29 is 4.74 Å². The van der Waals surface area contributed by atoms with Crippen molar-refractivity contribution in [1.82, 2.24) is 0 Å². The van der Waals surface area contributed by atoms with Crippen LogP contribution in [0.25, 0.3) is 0 Å². The van der Waals surface area contributed by atoms with Gasteiger partial charge in [0.05, 0.1) is 0 Å². The second-order valence-electron chi connectivity index (χ2n) is 6.07. The predicted octanol–water partition coefficient (Wildman–Crippen LogP) is 6.90. The van der Waals surface area contributed by atoms with Crippen molar-refractivity contribution in [2.45, 2.75) is 96.8 Å². The van der Waals surface area contributed by atoms with Crippen LogP contribution in [0.4, 0.5) is 0 Å². The zero-order chi connectivity index (χ0) is 14.3. The molecule has 0 unspecified atom stereocenters. The maximum Gasteiger partial charge on any atom is 0.161 e. The summed E-state index contributed by atoms with van der Waals surface area (Å²) < 4.78 is 4.93. The summed E-state index contributed by atoms with van der Waals surface area (Å²) in [4.78, 5) is 0. The van der Waals surface area contributed by atoms with Gasteiger partial charge in [-0.05, 0) is 18.9 Å². The second-order valence-corrected chi connectivity index (χ2v) is 6.07. The summed E-state index contributed by atoms with van der Waals surface area (Å²) in [5, 5.41) is 0. The Morgan fingerprint density at radius 2 is 1.20 bits per heavy atom. The first kappa shape index (κ1) is 17.3. The number of allylic oxidation sites excluding steroid dienone is 2. The molecule has 0 atom stereocenters. The zero-order valence-electron chi connectivity index (χ0n) is 13.5. The third kappa shape index (κ3) is 12.3. The lowest BCUT2D eigenvalue weighted by molar-refractivity contribution is 0.515. The maximum absolute atomic E-state index is 4.93. The van der Waals surface area contributed by atoms with Crippen molar-refractivity contribution in [3.05, 3.63) is 24.2 Å². The third-order valence-corrected chi connectivity index (χ3v) is 4.01. The molecule has 0 aromatic rings. The lowest BCUT2D eigenvalue weighted by atomic mass is 10.0. The van der Waals surface area contributed by atoms with Crippen LogP contribution < -0.4 is 0 Å². The van der Waals surface area contributed by atoms with Gasteiger partial charge < -0.3 is 4.74 Å². The summed E-state index contributed by atoms with van der Waals surface area (Å²) in [6, 6.07) is 0. The van der Waals surface area contributed by atoms with Crippen LogP contribution in [0.2, 0.25) is 0 Å². The minimum Gasteiger partial charge on any atom is -0.458 e. The number of unbranched alkanes of at least 4 members (excludes halogenated alkanes) is 13. The van der Waals surface area contributed by atoms with Crippen molar-refractivity contribution in [2.24, 2.45) is 0 Å². The molecular formula is C19H34O. The predicted molar refractivity (Wildman–Crippen MR) is 88.6 cm³/mol. The smallest absolute Gasteiger partial charge is 0.161 e. The van der Waals surface area contributed by atoms with Crippen LogP contribution in [0.5, 0.6) is 0 Å². The fraction of sp³-hybridized carbons (Fsp3) is 0.789. The highest BCUT2D eigenvalue weighted by Crippen LogP contribution is 2.15. The first-order chi connectivity index (χ1) is 9.93. The molecule has 0 fully saturated rings. The van der Waals surface area contributed by atoms with Gasteiger partial charge in [-0.25, -0.2) is 0 Å². The highest BCUT2D eigenvalue weighted by atomic mass is 16.5. The van der Waals surface area contributed by atoms with E-state index in [9.17, 15) is 0 Å². The van der Waals surface area contributed by atoms with Gasteiger partial charge >= 0.3 is 0 Å². The van der Waals surface area contributed by atoms with Crippen LogP contribution in [0.15, 0.2) is 24.2 Å². The summed E-state index contributed by atoms with van der Waals surface area (Å²) in [6.45, 7) is 2.29. The number of rotatable bonds is 15. The molecule has 0 amide bonds. The molecule has 0 aromatic heterocycles. The fourth-order valence-electron chi connectivity index (χ4n) is 2.59. The summed E-state index contributed by atoms with van der Waals surface area (Å²) in [6.07, 6.45) is 25.9. The zero-order valence-corrected chi connectivity index (χ0v) is 13.5. The molecule has 1 aliphatic heterocycles. The highest BCUT2D eigenvalue weighted by Gasteiger charge is 2.02. The Bertz CT molecular complexity index is 265. The lowest BCUT2D eigenvalue weighted by Crippen LogP contribution is -1.82. The molecule has 0 aliphatic carbocycles. The molecule has 0 N–H and O–H groups in total. The molecule has 1 heterocycles. The molecule has 1 aliphatic rings. The molecule has 0 spiro atoms. The van der Waals surface area contributed by atoms with Gasteiger partial charge in [-0.15, -0.1) is 0 Å². The van der Waals surface area contributed by atoms with Gasteiger partial charge in [0.15, 0.2) is 5.76 Å². The van der Waals surface area contributed by atoms with E-state index in [0.29, 0.717) is 0 Å². The quantitative estimate of drug-likeness (QED) is 0.297. The molecule has 0 aromatic carbocycles. The van der Waals surface area contributed by atoms with Crippen LogP contribution in [-0.4, -0.2) is 0 Å². The molecule has 20 heavy (non-hydrogen) atoms. The van der Waals surface area contributed by atoms with Crippen molar-refractivity contribution in [3.8, 4) is 0 Å². The first-order valence-electron chi connectivity index (χ1n) is 8.97. The van der Waals surface area contributed by atoms with E-state index < -0.39 is 0 Å².